The Morgan fingerprint density at radius 1 is 1.06 bits per heavy atom. The van der Waals surface area contributed by atoms with Crippen molar-refractivity contribution in [3.05, 3.63) is 72.3 Å². The first kappa shape index (κ1) is 21.1. The van der Waals surface area contributed by atoms with Gasteiger partial charge in [0.1, 0.15) is 12.1 Å². The fraction of sp³-hybridized carbons (Fsp3) is 0.217. The van der Waals surface area contributed by atoms with Crippen LogP contribution in [0, 0.1) is 0 Å². The molecule has 2 aliphatic rings. The molecule has 32 heavy (non-hydrogen) atoms. The molecule has 1 unspecified atom stereocenters. The molecule has 0 aromatic heterocycles. The molecule has 1 saturated heterocycles. The van der Waals surface area contributed by atoms with Crippen LogP contribution < -0.4 is 21.3 Å². The summed E-state index contributed by atoms with van der Waals surface area (Å²) in [6.45, 7) is 3.48. The highest BCUT2D eigenvalue weighted by Crippen LogP contribution is 2.41. The first-order valence-corrected chi connectivity index (χ1v) is 10.2. The lowest BCUT2D eigenvalue weighted by Gasteiger charge is -2.22. The first-order valence-electron chi connectivity index (χ1n) is 10.2. The maximum atomic E-state index is 13.1. The molecule has 0 radical (unpaired) electrons. The Labute approximate surface area is 184 Å². The van der Waals surface area contributed by atoms with Crippen LogP contribution in [0.25, 0.3) is 0 Å². The second kappa shape index (κ2) is 8.54. The number of hydrogen-bond donors (Lipinski definition) is 4. The van der Waals surface area contributed by atoms with E-state index in [2.05, 4.69) is 27.8 Å². The van der Waals surface area contributed by atoms with Crippen LogP contribution in [0.3, 0.4) is 0 Å². The van der Waals surface area contributed by atoms with Crippen molar-refractivity contribution in [2.24, 2.45) is 0 Å². The third-order valence-electron chi connectivity index (χ3n) is 5.56. The molecule has 0 bridgehead atoms. The van der Waals surface area contributed by atoms with Gasteiger partial charge in [-0.3, -0.25) is 14.5 Å². The molecule has 2 aromatic carbocycles. The van der Waals surface area contributed by atoms with E-state index in [0.717, 1.165) is 16.0 Å². The second-order valence-electron chi connectivity index (χ2n) is 7.63. The molecule has 4 rings (SSSR count). The van der Waals surface area contributed by atoms with Crippen molar-refractivity contribution in [1.29, 1.82) is 0 Å². The van der Waals surface area contributed by atoms with Crippen molar-refractivity contribution in [1.82, 2.24) is 15.5 Å². The summed E-state index contributed by atoms with van der Waals surface area (Å²) < 4.78 is 0. The molecule has 1 aliphatic carbocycles. The van der Waals surface area contributed by atoms with Crippen molar-refractivity contribution in [2.75, 3.05) is 23.7 Å². The number of fused-ring (bicyclic) bond motifs is 2. The molecule has 1 heterocycles. The van der Waals surface area contributed by atoms with Crippen molar-refractivity contribution in [3.8, 4) is 0 Å². The van der Waals surface area contributed by atoms with Crippen LogP contribution in [0.2, 0.25) is 0 Å². The number of nitrogens with one attached hydrogen (secondary N) is 4. The summed E-state index contributed by atoms with van der Waals surface area (Å²) in [6.07, 6.45) is 2.73. The predicted octanol–water partition coefficient (Wildman–Crippen LogP) is 2.33. The van der Waals surface area contributed by atoms with E-state index >= 15 is 0 Å². The third kappa shape index (κ3) is 3.92. The predicted molar refractivity (Wildman–Crippen MR) is 119 cm³/mol. The molecule has 0 saturated carbocycles. The Kier molecular flexibility index (Phi) is 5.63. The standard InChI is InChI=1S/C23H23N5O4/c1-2-13-24-21(31)26-17-9-7-16(8-10-17)25-19(29)14-28-20(30)23(27-22(28)32)12-11-15-5-3-4-6-18(15)23/h2-10H,1,11-14H2,(H,25,29)(H,27,32)(H2,24,26,31). The number of imide groups is 1. The van der Waals surface area contributed by atoms with Gasteiger partial charge in [0.15, 0.2) is 0 Å². The van der Waals surface area contributed by atoms with Crippen LogP contribution in [-0.2, 0) is 21.5 Å². The second-order valence-corrected chi connectivity index (χ2v) is 7.63. The minimum absolute atomic E-state index is 0.343. The summed E-state index contributed by atoms with van der Waals surface area (Å²) in [4.78, 5) is 50.8. The van der Waals surface area contributed by atoms with Crippen molar-refractivity contribution in [2.45, 2.75) is 18.4 Å². The number of rotatable bonds is 6. The van der Waals surface area contributed by atoms with Gasteiger partial charge in [-0.25, -0.2) is 9.59 Å². The van der Waals surface area contributed by atoms with Gasteiger partial charge < -0.3 is 21.3 Å². The van der Waals surface area contributed by atoms with Gasteiger partial charge in [0, 0.05) is 17.9 Å². The van der Waals surface area contributed by atoms with Gasteiger partial charge in [-0.15, -0.1) is 6.58 Å². The number of carbonyl (C=O) groups excluding carboxylic acids is 4. The Morgan fingerprint density at radius 2 is 1.75 bits per heavy atom. The highest BCUT2D eigenvalue weighted by atomic mass is 16.2. The molecule has 9 heteroatoms. The van der Waals surface area contributed by atoms with E-state index in [-0.39, 0.29) is 6.03 Å². The summed E-state index contributed by atoms with van der Waals surface area (Å²) in [5.74, 6) is -0.908. The zero-order chi connectivity index (χ0) is 22.7. The maximum Gasteiger partial charge on any atom is 0.325 e. The monoisotopic (exact) mass is 433 g/mol. The van der Waals surface area contributed by atoms with Gasteiger partial charge in [-0.2, -0.15) is 0 Å². The van der Waals surface area contributed by atoms with E-state index in [1.165, 1.54) is 0 Å². The number of urea groups is 2. The molecule has 2 aromatic rings. The van der Waals surface area contributed by atoms with Gasteiger partial charge in [0.2, 0.25) is 5.91 Å². The topological polar surface area (TPSA) is 120 Å². The summed E-state index contributed by atoms with van der Waals surface area (Å²) in [5.41, 5.74) is 1.74. The number of nitrogens with zero attached hydrogens (tertiary/aromatic N) is 1. The Morgan fingerprint density at radius 3 is 2.47 bits per heavy atom. The smallest absolute Gasteiger partial charge is 0.325 e. The molecule has 9 nitrogen and oxygen atoms in total. The molecule has 1 spiro atoms. The number of hydrogen-bond acceptors (Lipinski definition) is 4. The highest BCUT2D eigenvalue weighted by molar-refractivity contribution is 6.11. The van der Waals surface area contributed by atoms with Crippen molar-refractivity contribution in [3.63, 3.8) is 0 Å². The van der Waals surface area contributed by atoms with Crippen LogP contribution >= 0.6 is 0 Å². The largest absolute Gasteiger partial charge is 0.334 e. The average molecular weight is 433 g/mol. The maximum absolute atomic E-state index is 13.1. The van der Waals surface area contributed by atoms with Crippen LogP contribution in [0.1, 0.15) is 17.5 Å². The molecular weight excluding hydrogens is 410 g/mol. The molecule has 1 atom stereocenters. The number of benzene rings is 2. The van der Waals surface area contributed by atoms with Gasteiger partial charge in [-0.1, -0.05) is 30.3 Å². The highest BCUT2D eigenvalue weighted by Gasteiger charge is 2.55. The summed E-state index contributed by atoms with van der Waals surface area (Å²) >= 11 is 0. The average Bonchev–Trinajstić information content (AvgIpc) is 3.27. The Balaban J connectivity index is 1.37. The zero-order valence-corrected chi connectivity index (χ0v) is 17.3. The van der Waals surface area contributed by atoms with Crippen molar-refractivity contribution >= 4 is 35.3 Å². The quantitative estimate of drug-likeness (QED) is 0.413. The van der Waals surface area contributed by atoms with E-state index in [1.54, 1.807) is 30.3 Å². The minimum Gasteiger partial charge on any atom is -0.334 e. The van der Waals surface area contributed by atoms with E-state index < -0.39 is 29.9 Å². The number of amides is 6. The first-order chi connectivity index (χ1) is 15.4. The Hall–Kier alpha value is -4.14. The van der Waals surface area contributed by atoms with E-state index in [1.807, 2.05) is 24.3 Å². The van der Waals surface area contributed by atoms with Crippen LogP contribution in [0.15, 0.2) is 61.2 Å². The lowest BCUT2D eigenvalue weighted by molar-refractivity contribution is -0.134. The summed E-state index contributed by atoms with van der Waals surface area (Å²) in [7, 11) is 0. The SMILES string of the molecule is C=CCNC(=O)Nc1ccc(NC(=O)CN2C(=O)NC3(CCc4ccccc43)C2=O)cc1. The van der Waals surface area contributed by atoms with Gasteiger partial charge >= 0.3 is 12.1 Å². The number of aryl methyl sites for hydroxylation is 1. The van der Waals surface area contributed by atoms with Crippen molar-refractivity contribution < 1.29 is 19.2 Å². The fourth-order valence-electron chi connectivity index (χ4n) is 4.05. The fourth-order valence-corrected chi connectivity index (χ4v) is 4.05. The lowest BCUT2D eigenvalue weighted by atomic mass is 9.92. The molecule has 6 amide bonds. The molecular formula is C23H23N5O4. The summed E-state index contributed by atoms with van der Waals surface area (Å²) in [6, 6.07) is 13.1. The molecule has 1 aliphatic heterocycles. The van der Waals surface area contributed by atoms with Gasteiger partial charge in [0.25, 0.3) is 5.91 Å². The lowest BCUT2D eigenvalue weighted by Crippen LogP contribution is -2.42. The Bertz CT molecular complexity index is 1100. The third-order valence-corrected chi connectivity index (χ3v) is 5.56. The van der Waals surface area contributed by atoms with E-state index in [4.69, 9.17) is 0 Å². The van der Waals surface area contributed by atoms with Crippen LogP contribution in [-0.4, -0.2) is 41.9 Å². The van der Waals surface area contributed by atoms with Gasteiger partial charge in [0.05, 0.1) is 0 Å². The van der Waals surface area contributed by atoms with Crippen LogP contribution in [0.5, 0.6) is 0 Å². The minimum atomic E-state index is -1.09. The van der Waals surface area contributed by atoms with Crippen LogP contribution in [0.4, 0.5) is 21.0 Å². The van der Waals surface area contributed by atoms with Gasteiger partial charge in [-0.05, 0) is 48.2 Å². The zero-order valence-electron chi connectivity index (χ0n) is 17.3. The molecule has 164 valence electrons. The van der Waals surface area contributed by atoms with E-state index in [0.29, 0.717) is 30.8 Å². The number of carbonyl (C=O) groups is 4. The number of anilines is 2. The molecule has 4 N–H and O–H groups in total. The summed E-state index contributed by atoms with van der Waals surface area (Å²) in [5, 5.41) is 10.7. The van der Waals surface area contributed by atoms with E-state index in [9.17, 15) is 19.2 Å². The normalized spacial score (nSPS) is 18.8. The molecule has 1 fully saturated rings.